The summed E-state index contributed by atoms with van der Waals surface area (Å²) in [5, 5.41) is 42.8. The van der Waals surface area contributed by atoms with E-state index in [1.54, 1.807) is 30.3 Å². The van der Waals surface area contributed by atoms with Crippen molar-refractivity contribution in [2.24, 2.45) is 0 Å². The molecule has 0 aliphatic heterocycles. The first-order valence-corrected chi connectivity index (χ1v) is 8.73. The molecule has 1 heterocycles. The van der Waals surface area contributed by atoms with Gasteiger partial charge < -0.3 is 5.11 Å². The summed E-state index contributed by atoms with van der Waals surface area (Å²) in [6.45, 7) is 1.21. The van der Waals surface area contributed by atoms with E-state index in [2.05, 4.69) is 4.98 Å². The Hall–Kier alpha value is -4.17. The molecule has 0 aliphatic carbocycles. The quantitative estimate of drug-likeness (QED) is 0.294. The van der Waals surface area contributed by atoms with Crippen molar-refractivity contribution in [1.82, 2.24) is 4.98 Å². The molecule has 144 valence electrons. The van der Waals surface area contributed by atoms with Crippen LogP contribution in [-0.4, -0.2) is 19.9 Å². The van der Waals surface area contributed by atoms with Crippen LogP contribution in [0.5, 0.6) is 0 Å². The lowest BCUT2D eigenvalue weighted by Crippen LogP contribution is -2.08. The molecule has 11 heteroatoms. The van der Waals surface area contributed by atoms with Crippen molar-refractivity contribution in [2.75, 3.05) is 0 Å². The van der Waals surface area contributed by atoms with E-state index in [1.807, 2.05) is 0 Å². The van der Waals surface area contributed by atoms with Gasteiger partial charge in [0.15, 0.2) is 0 Å². The molecule has 2 aromatic carbocycles. The minimum atomic E-state index is -0.822. The van der Waals surface area contributed by atoms with Gasteiger partial charge in [-0.1, -0.05) is 12.1 Å². The number of hydrogen-bond donors (Lipinski definition) is 1. The number of aliphatic hydroxyl groups is 1. The molecule has 0 unspecified atom stereocenters. The Morgan fingerprint density at radius 2 is 1.76 bits per heavy atom. The highest BCUT2D eigenvalue weighted by Crippen LogP contribution is 2.34. The molecule has 0 fully saturated rings. The maximum atomic E-state index is 12.2. The van der Waals surface area contributed by atoms with Crippen molar-refractivity contribution in [3.05, 3.63) is 83.1 Å². The number of rotatable bonds is 4. The summed E-state index contributed by atoms with van der Waals surface area (Å²) in [5.41, 5.74) is -2.71. The standard InChI is InChI=1S/C18H10N4O6S/c1-9-13(21(25)26)6-10(7-14(9)22(27)28)16(23)12(8-19)18-20-17(24)11-4-2-3-5-15(11)29-18/h2-7,23H,1H3/b16-12-. The van der Waals surface area contributed by atoms with E-state index < -0.39 is 38.1 Å². The molecule has 3 aromatic rings. The van der Waals surface area contributed by atoms with Crippen LogP contribution in [0.3, 0.4) is 0 Å². The maximum absolute atomic E-state index is 12.2. The number of hydrogen-bond acceptors (Lipinski definition) is 9. The van der Waals surface area contributed by atoms with Gasteiger partial charge in [0.2, 0.25) is 0 Å². The number of allylic oxidation sites excluding steroid dienone is 1. The average molecular weight is 410 g/mol. The Bertz CT molecular complexity index is 1290. The molecule has 0 saturated carbocycles. The topological polar surface area (TPSA) is 160 Å². The lowest BCUT2D eigenvalue weighted by molar-refractivity contribution is -0.395. The van der Waals surface area contributed by atoms with Gasteiger partial charge in [-0.3, -0.25) is 25.0 Å². The van der Waals surface area contributed by atoms with Crippen molar-refractivity contribution in [1.29, 1.82) is 5.26 Å². The van der Waals surface area contributed by atoms with Gasteiger partial charge in [0.05, 0.1) is 15.2 Å². The Labute approximate surface area is 165 Å². The molecule has 0 aliphatic rings. The van der Waals surface area contributed by atoms with Gasteiger partial charge in [0.1, 0.15) is 28.0 Å². The van der Waals surface area contributed by atoms with Crippen molar-refractivity contribution >= 4 is 44.1 Å². The Balaban J connectivity index is 2.30. The lowest BCUT2D eigenvalue weighted by Gasteiger charge is -2.07. The molecule has 1 aromatic heterocycles. The van der Waals surface area contributed by atoms with Crippen LogP contribution < -0.4 is 5.56 Å². The summed E-state index contributed by atoms with van der Waals surface area (Å²) < 4.78 is 0.518. The van der Waals surface area contributed by atoms with Crippen LogP contribution >= 0.6 is 11.3 Å². The normalized spacial score (nSPS) is 11.6. The average Bonchev–Trinajstić information content (AvgIpc) is 2.68. The van der Waals surface area contributed by atoms with Crippen molar-refractivity contribution in [2.45, 2.75) is 6.92 Å². The van der Waals surface area contributed by atoms with E-state index in [0.29, 0.717) is 10.1 Å². The zero-order valence-electron chi connectivity index (χ0n) is 14.6. The molecular weight excluding hydrogens is 400 g/mol. The second kappa shape index (κ2) is 7.45. The predicted molar refractivity (Wildman–Crippen MR) is 105 cm³/mol. The first-order valence-electron chi connectivity index (χ1n) is 7.92. The van der Waals surface area contributed by atoms with E-state index in [9.17, 15) is 35.4 Å². The highest BCUT2D eigenvalue weighted by Gasteiger charge is 2.26. The summed E-state index contributed by atoms with van der Waals surface area (Å²) in [7, 11) is 0. The van der Waals surface area contributed by atoms with Gasteiger partial charge in [-0.15, -0.1) is 11.3 Å². The summed E-state index contributed by atoms with van der Waals surface area (Å²) >= 11 is 0.962. The van der Waals surface area contributed by atoms with Gasteiger partial charge in [0.25, 0.3) is 16.9 Å². The highest BCUT2D eigenvalue weighted by atomic mass is 32.1. The minimum Gasteiger partial charge on any atom is -0.506 e. The molecule has 0 atom stereocenters. The van der Waals surface area contributed by atoms with Crippen molar-refractivity contribution < 1.29 is 15.0 Å². The fourth-order valence-electron chi connectivity index (χ4n) is 2.67. The number of benzene rings is 2. The summed E-state index contributed by atoms with van der Waals surface area (Å²) in [4.78, 5) is 36.9. The van der Waals surface area contributed by atoms with E-state index in [4.69, 9.17) is 0 Å². The Kier molecular flexibility index (Phi) is 5.03. The van der Waals surface area contributed by atoms with Crippen LogP contribution in [0.2, 0.25) is 0 Å². The highest BCUT2D eigenvalue weighted by molar-refractivity contribution is 7.19. The zero-order chi connectivity index (χ0) is 21.3. The smallest absolute Gasteiger partial charge is 0.279 e. The number of nitro groups is 2. The van der Waals surface area contributed by atoms with Crippen LogP contribution in [0.1, 0.15) is 16.1 Å². The SMILES string of the molecule is Cc1c([N+](=O)[O-])cc(/C(O)=C(\C#N)c2nc(=O)c3ccccc3s2)cc1[N+](=O)[O-]. The van der Waals surface area contributed by atoms with Gasteiger partial charge in [-0.2, -0.15) is 10.2 Å². The van der Waals surface area contributed by atoms with E-state index in [0.717, 1.165) is 23.5 Å². The maximum Gasteiger partial charge on any atom is 0.279 e. The van der Waals surface area contributed by atoms with Crippen LogP contribution in [0.25, 0.3) is 21.4 Å². The number of fused-ring (bicyclic) bond motifs is 1. The third kappa shape index (κ3) is 3.52. The molecule has 0 radical (unpaired) electrons. The molecule has 0 bridgehead atoms. The number of aromatic nitrogens is 1. The number of nitro benzene ring substituents is 2. The van der Waals surface area contributed by atoms with E-state index in [-0.39, 0.29) is 16.1 Å². The summed E-state index contributed by atoms with van der Waals surface area (Å²) in [6, 6.07) is 10.1. The van der Waals surface area contributed by atoms with E-state index >= 15 is 0 Å². The molecular formula is C18H10N4O6S. The fourth-order valence-corrected chi connectivity index (χ4v) is 3.66. The third-order valence-corrected chi connectivity index (χ3v) is 5.17. The van der Waals surface area contributed by atoms with Crippen LogP contribution in [0.15, 0.2) is 41.2 Å². The Morgan fingerprint density at radius 1 is 1.17 bits per heavy atom. The molecule has 29 heavy (non-hydrogen) atoms. The lowest BCUT2D eigenvalue weighted by atomic mass is 10.0. The monoisotopic (exact) mass is 410 g/mol. The second-order valence-corrected chi connectivity index (χ2v) is 6.84. The minimum absolute atomic E-state index is 0.111. The predicted octanol–water partition coefficient (Wildman–Crippen LogP) is 3.73. The Morgan fingerprint density at radius 3 is 2.31 bits per heavy atom. The van der Waals surface area contributed by atoms with E-state index in [1.165, 1.54) is 6.92 Å². The first kappa shape index (κ1) is 19.6. The van der Waals surface area contributed by atoms with Gasteiger partial charge >= 0.3 is 0 Å². The second-order valence-electron chi connectivity index (χ2n) is 5.81. The molecule has 1 N–H and O–H groups in total. The summed E-state index contributed by atoms with van der Waals surface area (Å²) in [6.07, 6.45) is 0. The van der Waals surface area contributed by atoms with Crippen LogP contribution in [0.4, 0.5) is 11.4 Å². The van der Waals surface area contributed by atoms with Gasteiger partial charge in [0, 0.05) is 22.4 Å². The largest absolute Gasteiger partial charge is 0.506 e. The number of nitriles is 1. The molecule has 10 nitrogen and oxygen atoms in total. The first-order chi connectivity index (χ1) is 13.7. The van der Waals surface area contributed by atoms with Crippen LogP contribution in [0, 0.1) is 38.5 Å². The van der Waals surface area contributed by atoms with Crippen molar-refractivity contribution in [3.63, 3.8) is 0 Å². The molecule has 0 spiro atoms. The zero-order valence-corrected chi connectivity index (χ0v) is 15.5. The van der Waals surface area contributed by atoms with Gasteiger partial charge in [-0.25, -0.2) is 0 Å². The molecule has 0 saturated heterocycles. The van der Waals surface area contributed by atoms with Crippen LogP contribution in [-0.2, 0) is 0 Å². The number of aliphatic hydroxyl groups excluding tert-OH is 1. The molecule has 3 rings (SSSR count). The number of nitrogens with zero attached hydrogens (tertiary/aromatic N) is 4. The van der Waals surface area contributed by atoms with Gasteiger partial charge in [-0.05, 0) is 19.1 Å². The van der Waals surface area contributed by atoms with Crippen molar-refractivity contribution in [3.8, 4) is 6.07 Å². The summed E-state index contributed by atoms with van der Waals surface area (Å²) in [5.74, 6) is -0.753. The third-order valence-electron chi connectivity index (χ3n) is 4.11. The fraction of sp³-hybridized carbons (Fsp3) is 0.0556. The molecule has 0 amide bonds.